The molecule has 31 heavy (non-hydrogen) atoms. The molecule has 0 aliphatic heterocycles. The third-order valence-electron chi connectivity index (χ3n) is 6.42. The molecular formula is C26H26N2O3. The van der Waals surface area contributed by atoms with Crippen molar-refractivity contribution in [3.05, 3.63) is 111 Å². The van der Waals surface area contributed by atoms with Crippen molar-refractivity contribution in [3.8, 4) is 0 Å². The molecule has 2 N–H and O–H groups in total. The van der Waals surface area contributed by atoms with Gasteiger partial charge in [-0.3, -0.25) is 14.9 Å². The molecular weight excluding hydrogens is 388 g/mol. The van der Waals surface area contributed by atoms with Crippen molar-refractivity contribution in [1.29, 1.82) is 0 Å². The number of nitro groups is 1. The summed E-state index contributed by atoms with van der Waals surface area (Å²) < 4.78 is 0. The van der Waals surface area contributed by atoms with Crippen LogP contribution in [0.5, 0.6) is 0 Å². The Morgan fingerprint density at radius 3 is 2.29 bits per heavy atom. The molecule has 1 aliphatic rings. The lowest BCUT2D eigenvalue weighted by atomic mass is 9.72. The third kappa shape index (κ3) is 4.50. The van der Waals surface area contributed by atoms with Crippen molar-refractivity contribution in [2.24, 2.45) is 11.7 Å². The Labute approximate surface area is 182 Å². The van der Waals surface area contributed by atoms with E-state index in [0.717, 1.165) is 30.4 Å². The lowest BCUT2D eigenvalue weighted by Gasteiger charge is -2.32. The first kappa shape index (κ1) is 20.8. The molecule has 0 aromatic heterocycles. The minimum Gasteiger partial charge on any atom is -0.369 e. The molecule has 5 heteroatoms. The highest BCUT2D eigenvalue weighted by atomic mass is 16.6. The number of amides is 1. The van der Waals surface area contributed by atoms with Gasteiger partial charge < -0.3 is 5.73 Å². The smallest absolute Gasteiger partial charge is 0.269 e. The van der Waals surface area contributed by atoms with E-state index in [1.807, 2.05) is 30.3 Å². The highest BCUT2D eigenvalue weighted by molar-refractivity contribution is 5.78. The van der Waals surface area contributed by atoms with E-state index in [4.69, 9.17) is 5.73 Å². The maximum atomic E-state index is 12.8. The van der Waals surface area contributed by atoms with Crippen LogP contribution in [0.15, 0.2) is 78.9 Å². The van der Waals surface area contributed by atoms with Gasteiger partial charge in [0.2, 0.25) is 5.91 Å². The largest absolute Gasteiger partial charge is 0.369 e. The number of fused-ring (bicyclic) bond motifs is 1. The van der Waals surface area contributed by atoms with Crippen LogP contribution >= 0.6 is 0 Å². The van der Waals surface area contributed by atoms with Gasteiger partial charge in [-0.2, -0.15) is 0 Å². The van der Waals surface area contributed by atoms with Gasteiger partial charge in [0.05, 0.1) is 4.92 Å². The first-order valence-corrected chi connectivity index (χ1v) is 10.7. The molecule has 5 nitrogen and oxygen atoms in total. The maximum Gasteiger partial charge on any atom is 0.269 e. The van der Waals surface area contributed by atoms with E-state index in [1.165, 1.54) is 23.3 Å². The summed E-state index contributed by atoms with van der Waals surface area (Å²) in [5.41, 5.74) is 10.5. The van der Waals surface area contributed by atoms with Gasteiger partial charge in [-0.25, -0.2) is 0 Å². The Bertz CT molecular complexity index is 1060. The van der Waals surface area contributed by atoms with Gasteiger partial charge >= 0.3 is 0 Å². The molecule has 4 rings (SSSR count). The Kier molecular flexibility index (Phi) is 6.12. The fraction of sp³-hybridized carbons (Fsp3) is 0.269. The van der Waals surface area contributed by atoms with Crippen molar-refractivity contribution < 1.29 is 9.72 Å². The zero-order chi connectivity index (χ0) is 21.8. The second-order valence-electron chi connectivity index (χ2n) is 8.27. The maximum absolute atomic E-state index is 12.8. The average molecular weight is 415 g/mol. The van der Waals surface area contributed by atoms with E-state index in [1.54, 1.807) is 12.1 Å². The number of non-ortho nitro benzene ring substituents is 1. The fourth-order valence-corrected chi connectivity index (χ4v) is 4.94. The SMILES string of the molecule is NC(=O)C(CC1CCCc2ccccc21)C(c1ccccc1)c1ccc([N+](=O)[O-])cc1. The second kappa shape index (κ2) is 9.13. The standard InChI is InChI=1S/C26H26N2O3/c27-26(29)24(17-21-11-6-10-18-7-4-5-12-23(18)21)25(19-8-2-1-3-9-19)20-13-15-22(16-14-20)28(30)31/h1-5,7-9,12-16,21,24-25H,6,10-11,17H2,(H2,27,29). The number of rotatable bonds is 7. The fourth-order valence-electron chi connectivity index (χ4n) is 4.94. The number of primary amides is 1. The van der Waals surface area contributed by atoms with Crippen LogP contribution in [0, 0.1) is 16.0 Å². The van der Waals surface area contributed by atoms with Crippen LogP contribution in [0.2, 0.25) is 0 Å². The second-order valence-corrected chi connectivity index (χ2v) is 8.27. The molecule has 3 atom stereocenters. The first-order chi connectivity index (χ1) is 15.0. The predicted molar refractivity (Wildman–Crippen MR) is 121 cm³/mol. The van der Waals surface area contributed by atoms with Crippen LogP contribution in [-0.2, 0) is 11.2 Å². The molecule has 0 fully saturated rings. The molecule has 0 radical (unpaired) electrons. The van der Waals surface area contributed by atoms with Crippen LogP contribution in [0.1, 0.15) is 53.4 Å². The van der Waals surface area contributed by atoms with Gasteiger partial charge in [0.1, 0.15) is 0 Å². The van der Waals surface area contributed by atoms with E-state index >= 15 is 0 Å². The number of carbonyl (C=O) groups excluding carboxylic acids is 1. The first-order valence-electron chi connectivity index (χ1n) is 10.7. The van der Waals surface area contributed by atoms with Crippen molar-refractivity contribution >= 4 is 11.6 Å². The summed E-state index contributed by atoms with van der Waals surface area (Å²) >= 11 is 0. The molecule has 0 heterocycles. The van der Waals surface area contributed by atoms with Crippen LogP contribution in [-0.4, -0.2) is 10.8 Å². The van der Waals surface area contributed by atoms with Gasteiger partial charge in [0.25, 0.3) is 5.69 Å². The Balaban J connectivity index is 1.73. The Hall–Kier alpha value is -3.47. The Morgan fingerprint density at radius 1 is 0.968 bits per heavy atom. The molecule has 1 aliphatic carbocycles. The van der Waals surface area contributed by atoms with Crippen LogP contribution in [0.4, 0.5) is 5.69 Å². The summed E-state index contributed by atoms with van der Waals surface area (Å²) in [4.78, 5) is 23.5. The van der Waals surface area contributed by atoms with Gasteiger partial charge in [-0.05, 0) is 53.9 Å². The number of hydrogen-bond donors (Lipinski definition) is 1. The van der Waals surface area contributed by atoms with Gasteiger partial charge in [-0.15, -0.1) is 0 Å². The number of carbonyl (C=O) groups is 1. The average Bonchev–Trinajstić information content (AvgIpc) is 2.80. The minimum absolute atomic E-state index is 0.0346. The lowest BCUT2D eigenvalue weighted by Crippen LogP contribution is -2.31. The van der Waals surface area contributed by atoms with Crippen LogP contribution in [0.3, 0.4) is 0 Å². The Morgan fingerprint density at radius 2 is 1.61 bits per heavy atom. The highest BCUT2D eigenvalue weighted by Gasteiger charge is 2.33. The third-order valence-corrected chi connectivity index (χ3v) is 6.42. The van der Waals surface area contributed by atoms with E-state index in [9.17, 15) is 14.9 Å². The summed E-state index contributed by atoms with van der Waals surface area (Å²) in [5, 5.41) is 11.1. The number of hydrogen-bond acceptors (Lipinski definition) is 3. The number of nitrogens with zero attached hydrogens (tertiary/aromatic N) is 1. The van der Waals surface area contributed by atoms with Crippen LogP contribution in [0.25, 0.3) is 0 Å². The predicted octanol–water partition coefficient (Wildman–Crippen LogP) is 5.34. The summed E-state index contributed by atoms with van der Waals surface area (Å²) in [6, 6.07) is 24.8. The molecule has 3 unspecified atom stereocenters. The van der Waals surface area contributed by atoms with E-state index in [2.05, 4.69) is 24.3 Å². The lowest BCUT2D eigenvalue weighted by molar-refractivity contribution is -0.384. The van der Waals surface area contributed by atoms with Crippen molar-refractivity contribution in [1.82, 2.24) is 0 Å². The molecule has 0 spiro atoms. The summed E-state index contributed by atoms with van der Waals surface area (Å²) in [6.45, 7) is 0. The minimum atomic E-state index is -0.417. The molecule has 158 valence electrons. The van der Waals surface area contributed by atoms with Gasteiger partial charge in [0.15, 0.2) is 0 Å². The molecule has 0 bridgehead atoms. The summed E-state index contributed by atoms with van der Waals surface area (Å²) in [6.07, 6.45) is 3.85. The van der Waals surface area contributed by atoms with Gasteiger partial charge in [-0.1, -0.05) is 66.7 Å². The monoisotopic (exact) mass is 414 g/mol. The van der Waals surface area contributed by atoms with E-state index in [-0.39, 0.29) is 23.4 Å². The quantitative estimate of drug-likeness (QED) is 0.418. The topological polar surface area (TPSA) is 86.2 Å². The zero-order valence-electron chi connectivity index (χ0n) is 17.3. The summed E-state index contributed by atoms with van der Waals surface area (Å²) in [5.74, 6) is -0.740. The molecule has 1 amide bonds. The van der Waals surface area contributed by atoms with Crippen LogP contribution < -0.4 is 5.73 Å². The molecule has 0 saturated heterocycles. The number of nitrogens with two attached hydrogens (primary N) is 1. The molecule has 0 saturated carbocycles. The van der Waals surface area contributed by atoms with Gasteiger partial charge in [0, 0.05) is 24.0 Å². The van der Waals surface area contributed by atoms with E-state index in [0.29, 0.717) is 6.42 Å². The normalized spacial score (nSPS) is 17.4. The summed E-state index contributed by atoms with van der Waals surface area (Å²) in [7, 11) is 0. The van der Waals surface area contributed by atoms with Crippen molar-refractivity contribution in [2.75, 3.05) is 0 Å². The zero-order valence-corrected chi connectivity index (χ0v) is 17.3. The highest BCUT2D eigenvalue weighted by Crippen LogP contribution is 2.42. The molecule has 3 aromatic carbocycles. The molecule has 3 aromatic rings. The van der Waals surface area contributed by atoms with Crippen molar-refractivity contribution in [3.63, 3.8) is 0 Å². The van der Waals surface area contributed by atoms with E-state index < -0.39 is 10.8 Å². The number of aryl methyl sites for hydroxylation is 1. The number of benzene rings is 3. The van der Waals surface area contributed by atoms with Crippen molar-refractivity contribution in [2.45, 2.75) is 37.5 Å². The number of nitro benzene ring substituents is 1.